The van der Waals surface area contributed by atoms with Gasteiger partial charge in [-0.25, -0.2) is 0 Å². The molecule has 0 atom stereocenters. The van der Waals surface area contributed by atoms with Crippen LogP contribution in [0.3, 0.4) is 0 Å². The molecule has 102 valence electrons. The molecule has 0 fully saturated rings. The summed E-state index contributed by atoms with van der Waals surface area (Å²) in [7, 11) is 1.67. The Hall–Kier alpha value is -1.22. The molecule has 0 amide bonds. The predicted molar refractivity (Wildman–Crippen MR) is 75.4 cm³/mol. The van der Waals surface area contributed by atoms with Gasteiger partial charge in [0, 0.05) is 17.6 Å². The van der Waals surface area contributed by atoms with Gasteiger partial charge in [-0.2, -0.15) is 0 Å². The van der Waals surface area contributed by atoms with Crippen LogP contribution >= 0.6 is 0 Å². The number of ether oxygens (including phenoxy) is 2. The summed E-state index contributed by atoms with van der Waals surface area (Å²) in [5, 5.41) is 3.47. The average molecular weight is 251 g/mol. The van der Waals surface area contributed by atoms with Gasteiger partial charge >= 0.3 is 0 Å². The minimum Gasteiger partial charge on any atom is -0.493 e. The first-order valence-corrected chi connectivity index (χ1v) is 6.41. The molecule has 0 aliphatic carbocycles. The highest BCUT2D eigenvalue weighted by molar-refractivity contribution is 5.46. The summed E-state index contributed by atoms with van der Waals surface area (Å²) in [5.41, 5.74) is 1.20. The minimum atomic E-state index is 0.0815. The Balaban J connectivity index is 2.95. The standard InChI is InChI=1S/C15H25NO2/c1-11(2)18-14-12(10-16-15(3,4)5)8-7-9-13(14)17-6/h7-9,11,16H,10H2,1-6H3. The second-order valence-corrected chi connectivity index (χ2v) is 5.72. The van der Waals surface area contributed by atoms with Crippen molar-refractivity contribution in [2.45, 2.75) is 52.8 Å². The molecule has 3 nitrogen and oxygen atoms in total. The Bertz CT molecular complexity index is 381. The molecule has 0 bridgehead atoms. The monoisotopic (exact) mass is 251 g/mol. The molecule has 0 spiro atoms. The topological polar surface area (TPSA) is 30.5 Å². The van der Waals surface area contributed by atoms with Crippen molar-refractivity contribution in [1.82, 2.24) is 5.32 Å². The van der Waals surface area contributed by atoms with Crippen molar-refractivity contribution in [2.75, 3.05) is 7.11 Å². The zero-order valence-electron chi connectivity index (χ0n) is 12.3. The fraction of sp³-hybridized carbons (Fsp3) is 0.600. The first kappa shape index (κ1) is 14.8. The van der Waals surface area contributed by atoms with Crippen LogP contribution in [0.25, 0.3) is 0 Å². The Morgan fingerprint density at radius 1 is 1.22 bits per heavy atom. The van der Waals surface area contributed by atoms with Gasteiger partial charge in [-0.3, -0.25) is 0 Å². The fourth-order valence-corrected chi connectivity index (χ4v) is 1.59. The van der Waals surface area contributed by atoms with Crippen molar-refractivity contribution in [1.29, 1.82) is 0 Å². The van der Waals surface area contributed by atoms with E-state index in [1.54, 1.807) is 7.11 Å². The average Bonchev–Trinajstić information content (AvgIpc) is 2.25. The van der Waals surface area contributed by atoms with Crippen molar-refractivity contribution < 1.29 is 9.47 Å². The number of hydrogen-bond donors (Lipinski definition) is 1. The third kappa shape index (κ3) is 4.57. The summed E-state index contributed by atoms with van der Waals surface area (Å²) in [6.07, 6.45) is 0.134. The van der Waals surface area contributed by atoms with Crippen molar-refractivity contribution in [3.05, 3.63) is 23.8 Å². The lowest BCUT2D eigenvalue weighted by Crippen LogP contribution is -2.35. The smallest absolute Gasteiger partial charge is 0.166 e. The molecule has 1 aromatic rings. The van der Waals surface area contributed by atoms with Gasteiger partial charge in [0.1, 0.15) is 0 Å². The van der Waals surface area contributed by atoms with E-state index in [0.29, 0.717) is 0 Å². The van der Waals surface area contributed by atoms with Crippen LogP contribution in [-0.4, -0.2) is 18.8 Å². The molecule has 0 aliphatic heterocycles. The third-order valence-electron chi connectivity index (χ3n) is 2.44. The van der Waals surface area contributed by atoms with Gasteiger partial charge in [0.25, 0.3) is 0 Å². The molecule has 0 unspecified atom stereocenters. The summed E-state index contributed by atoms with van der Waals surface area (Å²) in [6.45, 7) is 11.3. The number of hydrogen-bond acceptors (Lipinski definition) is 3. The molecule has 18 heavy (non-hydrogen) atoms. The molecular formula is C15H25NO2. The Morgan fingerprint density at radius 2 is 1.89 bits per heavy atom. The zero-order chi connectivity index (χ0) is 13.8. The molecule has 0 heterocycles. The summed E-state index contributed by atoms with van der Waals surface area (Å²) >= 11 is 0. The Kier molecular flexibility index (Phi) is 5.03. The van der Waals surface area contributed by atoms with E-state index in [1.807, 2.05) is 26.0 Å². The zero-order valence-corrected chi connectivity index (χ0v) is 12.3. The molecule has 0 saturated heterocycles. The van der Waals surface area contributed by atoms with Crippen LogP contribution in [0.4, 0.5) is 0 Å². The van der Waals surface area contributed by atoms with E-state index in [2.05, 4.69) is 32.2 Å². The van der Waals surface area contributed by atoms with Crippen LogP contribution < -0.4 is 14.8 Å². The Morgan fingerprint density at radius 3 is 2.39 bits per heavy atom. The van der Waals surface area contributed by atoms with E-state index in [1.165, 1.54) is 0 Å². The second-order valence-electron chi connectivity index (χ2n) is 5.72. The summed E-state index contributed by atoms with van der Waals surface area (Å²) in [6, 6.07) is 5.99. The van der Waals surface area contributed by atoms with Gasteiger partial charge in [0.15, 0.2) is 11.5 Å². The highest BCUT2D eigenvalue weighted by Gasteiger charge is 2.15. The summed E-state index contributed by atoms with van der Waals surface area (Å²) < 4.78 is 11.2. The summed E-state index contributed by atoms with van der Waals surface area (Å²) in [4.78, 5) is 0. The van der Waals surface area contributed by atoms with Gasteiger partial charge in [-0.05, 0) is 40.7 Å². The maximum absolute atomic E-state index is 5.87. The minimum absolute atomic E-state index is 0.0815. The second kappa shape index (κ2) is 6.10. The van der Waals surface area contributed by atoms with Gasteiger partial charge in [-0.1, -0.05) is 12.1 Å². The fourth-order valence-electron chi connectivity index (χ4n) is 1.59. The van der Waals surface area contributed by atoms with Crippen molar-refractivity contribution >= 4 is 0 Å². The quantitative estimate of drug-likeness (QED) is 0.870. The molecule has 1 rings (SSSR count). The van der Waals surface area contributed by atoms with Gasteiger partial charge in [0.05, 0.1) is 13.2 Å². The van der Waals surface area contributed by atoms with Crippen LogP contribution in [0.15, 0.2) is 18.2 Å². The predicted octanol–water partition coefficient (Wildman–Crippen LogP) is 3.37. The Labute approximate surface area is 110 Å². The normalized spacial score (nSPS) is 11.7. The molecule has 0 saturated carbocycles. The lowest BCUT2D eigenvalue weighted by atomic mass is 10.1. The molecule has 0 aromatic heterocycles. The van der Waals surface area contributed by atoms with Crippen molar-refractivity contribution in [2.24, 2.45) is 0 Å². The highest BCUT2D eigenvalue weighted by atomic mass is 16.5. The van der Waals surface area contributed by atoms with E-state index in [4.69, 9.17) is 9.47 Å². The molecule has 0 aliphatic rings. The maximum Gasteiger partial charge on any atom is 0.166 e. The van der Waals surface area contributed by atoms with Gasteiger partial charge < -0.3 is 14.8 Å². The van der Waals surface area contributed by atoms with Crippen LogP contribution in [0, 0.1) is 0 Å². The van der Waals surface area contributed by atoms with Crippen molar-refractivity contribution in [3.8, 4) is 11.5 Å². The van der Waals surface area contributed by atoms with Crippen LogP contribution in [0.1, 0.15) is 40.2 Å². The number of benzene rings is 1. The SMILES string of the molecule is COc1cccc(CNC(C)(C)C)c1OC(C)C. The van der Waals surface area contributed by atoms with Crippen molar-refractivity contribution in [3.63, 3.8) is 0 Å². The summed E-state index contributed by atoms with van der Waals surface area (Å²) in [5.74, 6) is 1.63. The maximum atomic E-state index is 5.87. The van der Waals surface area contributed by atoms with Gasteiger partial charge in [-0.15, -0.1) is 0 Å². The first-order valence-electron chi connectivity index (χ1n) is 6.41. The van der Waals surface area contributed by atoms with E-state index in [-0.39, 0.29) is 11.6 Å². The van der Waals surface area contributed by atoms with Crippen LogP contribution in [-0.2, 0) is 6.54 Å². The van der Waals surface area contributed by atoms with E-state index in [0.717, 1.165) is 23.6 Å². The largest absolute Gasteiger partial charge is 0.493 e. The van der Waals surface area contributed by atoms with Gasteiger partial charge in [0.2, 0.25) is 0 Å². The highest BCUT2D eigenvalue weighted by Crippen LogP contribution is 2.32. The van der Waals surface area contributed by atoms with Crippen LogP contribution in [0.5, 0.6) is 11.5 Å². The molecule has 1 N–H and O–H groups in total. The first-order chi connectivity index (χ1) is 8.33. The van der Waals surface area contributed by atoms with E-state index >= 15 is 0 Å². The molecule has 0 radical (unpaired) electrons. The lowest BCUT2D eigenvalue weighted by Gasteiger charge is -2.23. The molecular weight excluding hydrogens is 226 g/mol. The number of nitrogens with one attached hydrogen (secondary N) is 1. The van der Waals surface area contributed by atoms with Crippen LogP contribution in [0.2, 0.25) is 0 Å². The lowest BCUT2D eigenvalue weighted by molar-refractivity contribution is 0.226. The number of para-hydroxylation sites is 1. The third-order valence-corrected chi connectivity index (χ3v) is 2.44. The number of rotatable bonds is 5. The van der Waals surface area contributed by atoms with E-state index in [9.17, 15) is 0 Å². The molecule has 3 heteroatoms. The van der Waals surface area contributed by atoms with E-state index < -0.39 is 0 Å². The number of methoxy groups -OCH3 is 1. The molecule has 1 aromatic carbocycles.